The zero-order valence-corrected chi connectivity index (χ0v) is 10.3. The smallest absolute Gasteiger partial charge is 0.220 e. The summed E-state index contributed by atoms with van der Waals surface area (Å²) in [7, 11) is 0. The van der Waals surface area contributed by atoms with Gasteiger partial charge in [-0.05, 0) is 31.7 Å². The van der Waals surface area contributed by atoms with Gasteiger partial charge < -0.3 is 15.7 Å². The molecule has 0 atom stereocenters. The van der Waals surface area contributed by atoms with Crippen LogP contribution in [-0.2, 0) is 4.79 Å². The normalized spacial score (nSPS) is 24.2. The third-order valence-corrected chi connectivity index (χ3v) is 2.93. The molecular weight excluding hydrogens is 204 g/mol. The van der Waals surface area contributed by atoms with Crippen molar-refractivity contribution in [3.05, 3.63) is 0 Å². The van der Waals surface area contributed by atoms with Crippen LogP contribution in [0.15, 0.2) is 0 Å². The number of rotatable bonds is 7. The minimum atomic E-state index is -0.128. The molecule has 1 saturated carbocycles. The number of aliphatic hydroxyl groups is 1. The van der Waals surface area contributed by atoms with Gasteiger partial charge in [-0.15, -0.1) is 0 Å². The Labute approximate surface area is 97.8 Å². The van der Waals surface area contributed by atoms with Gasteiger partial charge in [0.15, 0.2) is 0 Å². The average Bonchev–Trinajstić information content (AvgIpc) is 2.17. The highest BCUT2D eigenvalue weighted by Gasteiger charge is 2.26. The Morgan fingerprint density at radius 1 is 1.44 bits per heavy atom. The van der Waals surface area contributed by atoms with Crippen LogP contribution in [0.1, 0.15) is 39.5 Å². The number of hydrogen-bond acceptors (Lipinski definition) is 3. The monoisotopic (exact) mass is 228 g/mol. The first-order chi connectivity index (χ1) is 7.58. The van der Waals surface area contributed by atoms with E-state index in [1.807, 2.05) is 0 Å². The first kappa shape index (κ1) is 13.5. The molecule has 0 radical (unpaired) electrons. The van der Waals surface area contributed by atoms with E-state index < -0.39 is 0 Å². The van der Waals surface area contributed by atoms with E-state index in [0.29, 0.717) is 18.4 Å². The summed E-state index contributed by atoms with van der Waals surface area (Å²) < 4.78 is 0. The molecule has 3 N–H and O–H groups in total. The summed E-state index contributed by atoms with van der Waals surface area (Å²) in [4.78, 5) is 11.4. The highest BCUT2D eigenvalue weighted by atomic mass is 16.3. The fourth-order valence-electron chi connectivity index (χ4n) is 1.85. The fourth-order valence-corrected chi connectivity index (χ4v) is 1.85. The van der Waals surface area contributed by atoms with Gasteiger partial charge in [0.05, 0.1) is 6.10 Å². The average molecular weight is 228 g/mol. The predicted molar refractivity (Wildman–Crippen MR) is 64.1 cm³/mol. The van der Waals surface area contributed by atoms with Gasteiger partial charge in [0, 0.05) is 19.0 Å². The van der Waals surface area contributed by atoms with Gasteiger partial charge in [-0.1, -0.05) is 13.8 Å². The van der Waals surface area contributed by atoms with E-state index in [4.69, 9.17) is 5.11 Å². The van der Waals surface area contributed by atoms with Crippen LogP contribution < -0.4 is 10.6 Å². The summed E-state index contributed by atoms with van der Waals surface area (Å²) in [6, 6.07) is 0.486. The van der Waals surface area contributed by atoms with E-state index in [1.165, 1.54) is 0 Å². The molecule has 1 aliphatic rings. The largest absolute Gasteiger partial charge is 0.393 e. The third-order valence-electron chi connectivity index (χ3n) is 2.93. The molecule has 0 saturated heterocycles. The Morgan fingerprint density at radius 2 is 2.12 bits per heavy atom. The van der Waals surface area contributed by atoms with Crippen LogP contribution in [-0.4, -0.2) is 36.2 Å². The van der Waals surface area contributed by atoms with Crippen molar-refractivity contribution < 1.29 is 9.90 Å². The van der Waals surface area contributed by atoms with E-state index in [2.05, 4.69) is 24.5 Å². The van der Waals surface area contributed by atoms with E-state index in [9.17, 15) is 4.79 Å². The second kappa shape index (κ2) is 6.86. The lowest BCUT2D eigenvalue weighted by Crippen LogP contribution is -2.38. The SMILES string of the molecule is CC(C)NCCCC(=O)NCC1CC(O)C1. The summed E-state index contributed by atoms with van der Waals surface area (Å²) in [5, 5.41) is 15.3. The van der Waals surface area contributed by atoms with Gasteiger partial charge in [-0.3, -0.25) is 4.79 Å². The molecule has 16 heavy (non-hydrogen) atoms. The molecule has 1 fully saturated rings. The maximum absolute atomic E-state index is 11.4. The number of carbonyl (C=O) groups excluding carboxylic acids is 1. The second-order valence-corrected chi connectivity index (χ2v) is 5.01. The van der Waals surface area contributed by atoms with Crippen LogP contribution in [0.25, 0.3) is 0 Å². The van der Waals surface area contributed by atoms with Crippen molar-refractivity contribution in [1.29, 1.82) is 0 Å². The van der Waals surface area contributed by atoms with Crippen LogP contribution in [0.5, 0.6) is 0 Å². The minimum absolute atomic E-state index is 0.128. The van der Waals surface area contributed by atoms with E-state index in [1.54, 1.807) is 0 Å². The predicted octanol–water partition coefficient (Wildman–Crippen LogP) is 0.652. The van der Waals surface area contributed by atoms with E-state index in [0.717, 1.165) is 32.4 Å². The Balaban J connectivity index is 1.91. The lowest BCUT2D eigenvalue weighted by molar-refractivity contribution is -0.121. The van der Waals surface area contributed by atoms with Gasteiger partial charge in [0.2, 0.25) is 5.91 Å². The Morgan fingerprint density at radius 3 is 2.69 bits per heavy atom. The summed E-state index contributed by atoms with van der Waals surface area (Å²) in [6.45, 7) is 5.82. The van der Waals surface area contributed by atoms with E-state index in [-0.39, 0.29) is 12.0 Å². The lowest BCUT2D eigenvalue weighted by Gasteiger charge is -2.31. The molecule has 4 nitrogen and oxygen atoms in total. The maximum atomic E-state index is 11.4. The quantitative estimate of drug-likeness (QED) is 0.561. The molecule has 0 heterocycles. The maximum Gasteiger partial charge on any atom is 0.220 e. The van der Waals surface area contributed by atoms with Crippen molar-refractivity contribution in [3.63, 3.8) is 0 Å². The Hall–Kier alpha value is -0.610. The molecule has 94 valence electrons. The Kier molecular flexibility index (Phi) is 5.77. The molecule has 0 aliphatic heterocycles. The van der Waals surface area contributed by atoms with Gasteiger partial charge in [0.25, 0.3) is 0 Å². The number of hydrogen-bond donors (Lipinski definition) is 3. The van der Waals surface area contributed by atoms with Crippen LogP contribution >= 0.6 is 0 Å². The fraction of sp³-hybridized carbons (Fsp3) is 0.917. The van der Waals surface area contributed by atoms with Gasteiger partial charge in [0.1, 0.15) is 0 Å². The molecule has 4 heteroatoms. The van der Waals surface area contributed by atoms with Crippen LogP contribution in [0.3, 0.4) is 0 Å². The summed E-state index contributed by atoms with van der Waals surface area (Å²) in [5.74, 6) is 0.625. The van der Waals surface area contributed by atoms with Gasteiger partial charge in [-0.25, -0.2) is 0 Å². The molecule has 0 aromatic carbocycles. The van der Waals surface area contributed by atoms with Crippen LogP contribution in [0.2, 0.25) is 0 Å². The molecule has 0 spiro atoms. The number of carbonyl (C=O) groups is 1. The summed E-state index contributed by atoms with van der Waals surface area (Å²) >= 11 is 0. The van der Waals surface area contributed by atoms with Crippen molar-refractivity contribution in [2.75, 3.05) is 13.1 Å². The molecule has 1 aliphatic carbocycles. The van der Waals surface area contributed by atoms with Gasteiger partial charge >= 0.3 is 0 Å². The van der Waals surface area contributed by atoms with E-state index >= 15 is 0 Å². The first-order valence-electron chi connectivity index (χ1n) is 6.26. The highest BCUT2D eigenvalue weighted by molar-refractivity contribution is 5.75. The molecule has 1 amide bonds. The zero-order valence-electron chi connectivity index (χ0n) is 10.3. The topological polar surface area (TPSA) is 61.4 Å². The molecule has 0 bridgehead atoms. The highest BCUT2D eigenvalue weighted by Crippen LogP contribution is 2.25. The van der Waals surface area contributed by atoms with Crippen molar-refractivity contribution in [3.8, 4) is 0 Å². The zero-order chi connectivity index (χ0) is 12.0. The van der Waals surface area contributed by atoms with Crippen molar-refractivity contribution >= 4 is 5.91 Å². The standard InChI is InChI=1S/C12H24N2O2/c1-9(2)13-5-3-4-12(16)14-8-10-6-11(15)7-10/h9-11,13,15H,3-8H2,1-2H3,(H,14,16). The second-order valence-electron chi connectivity index (χ2n) is 5.01. The number of aliphatic hydroxyl groups excluding tert-OH is 1. The number of amides is 1. The van der Waals surface area contributed by atoms with Crippen molar-refractivity contribution in [2.24, 2.45) is 5.92 Å². The molecule has 0 aromatic rings. The molecule has 1 rings (SSSR count). The third kappa shape index (κ3) is 5.47. The summed E-state index contributed by atoms with van der Waals surface area (Å²) in [6.07, 6.45) is 3.04. The first-order valence-corrected chi connectivity index (χ1v) is 6.26. The molecule has 0 aromatic heterocycles. The van der Waals surface area contributed by atoms with Crippen LogP contribution in [0, 0.1) is 5.92 Å². The van der Waals surface area contributed by atoms with Crippen LogP contribution in [0.4, 0.5) is 0 Å². The Bertz CT molecular complexity index is 213. The lowest BCUT2D eigenvalue weighted by atomic mass is 9.82. The molecule has 0 unspecified atom stereocenters. The number of nitrogens with one attached hydrogen (secondary N) is 2. The van der Waals surface area contributed by atoms with Gasteiger partial charge in [-0.2, -0.15) is 0 Å². The summed E-state index contributed by atoms with van der Waals surface area (Å²) in [5.41, 5.74) is 0. The van der Waals surface area contributed by atoms with Crippen molar-refractivity contribution in [1.82, 2.24) is 10.6 Å². The van der Waals surface area contributed by atoms with Crippen molar-refractivity contribution in [2.45, 2.75) is 51.7 Å². The molecular formula is C12H24N2O2. The minimum Gasteiger partial charge on any atom is -0.393 e.